The monoisotopic (exact) mass is 286 g/mol. The van der Waals surface area contributed by atoms with E-state index in [1.54, 1.807) is 0 Å². The van der Waals surface area contributed by atoms with Gasteiger partial charge in [-0.05, 0) is 24.0 Å². The zero-order valence-corrected chi connectivity index (χ0v) is 12.4. The Balaban J connectivity index is 2.23. The molecule has 3 rings (SSSR count). The van der Waals surface area contributed by atoms with Crippen LogP contribution in [0.2, 0.25) is 0 Å². The van der Waals surface area contributed by atoms with Gasteiger partial charge in [0.05, 0.1) is 10.8 Å². The van der Waals surface area contributed by atoms with E-state index in [0.717, 1.165) is 11.1 Å². The SMILES string of the molecule is CC[C@]1(c2ccccc2)C(F)(F)[C@]1(CC)c1ccccc1. The summed E-state index contributed by atoms with van der Waals surface area (Å²) < 4.78 is 30.3. The highest BCUT2D eigenvalue weighted by Crippen LogP contribution is 2.78. The van der Waals surface area contributed by atoms with Crippen LogP contribution >= 0.6 is 0 Å². The standard InChI is InChI=1S/C19H20F2/c1-3-17(15-11-7-5-8-12-15)18(4-2,19(17,20)21)16-13-9-6-10-14-16/h5-14H,3-4H2,1-2H3/t17-,18-/m1/s1. The molecular weight excluding hydrogens is 266 g/mol. The van der Waals surface area contributed by atoms with Crippen molar-refractivity contribution in [1.29, 1.82) is 0 Å². The largest absolute Gasteiger partial charge is 0.269 e. The van der Waals surface area contributed by atoms with E-state index >= 15 is 8.78 Å². The van der Waals surface area contributed by atoms with Crippen molar-refractivity contribution in [1.82, 2.24) is 0 Å². The maximum absolute atomic E-state index is 15.1. The molecule has 0 N–H and O–H groups in total. The lowest BCUT2D eigenvalue weighted by Gasteiger charge is -2.22. The minimum Gasteiger partial charge on any atom is -0.205 e. The Morgan fingerprint density at radius 2 is 1.00 bits per heavy atom. The summed E-state index contributed by atoms with van der Waals surface area (Å²) in [5, 5.41) is 0. The van der Waals surface area contributed by atoms with E-state index in [1.807, 2.05) is 74.5 Å². The van der Waals surface area contributed by atoms with Gasteiger partial charge in [-0.1, -0.05) is 74.5 Å². The lowest BCUT2D eigenvalue weighted by Crippen LogP contribution is -2.21. The Morgan fingerprint density at radius 3 is 1.29 bits per heavy atom. The molecule has 0 amide bonds. The molecule has 0 bridgehead atoms. The molecule has 110 valence electrons. The molecule has 0 nitrogen and oxygen atoms in total. The Kier molecular flexibility index (Phi) is 3.16. The number of alkyl halides is 2. The van der Waals surface area contributed by atoms with Crippen molar-refractivity contribution < 1.29 is 8.78 Å². The van der Waals surface area contributed by atoms with E-state index in [0.29, 0.717) is 12.8 Å². The van der Waals surface area contributed by atoms with E-state index in [9.17, 15) is 0 Å². The Morgan fingerprint density at radius 1 is 0.667 bits per heavy atom. The summed E-state index contributed by atoms with van der Waals surface area (Å²) in [6.45, 7) is 3.75. The molecule has 0 radical (unpaired) electrons. The topological polar surface area (TPSA) is 0 Å². The zero-order chi connectivity index (χ0) is 15.1. The van der Waals surface area contributed by atoms with Gasteiger partial charge in [0.1, 0.15) is 0 Å². The van der Waals surface area contributed by atoms with Crippen molar-refractivity contribution in [3.05, 3.63) is 71.8 Å². The summed E-state index contributed by atoms with van der Waals surface area (Å²) in [4.78, 5) is 0. The first-order valence-electron chi connectivity index (χ1n) is 7.57. The maximum Gasteiger partial charge on any atom is 0.269 e. The van der Waals surface area contributed by atoms with E-state index in [4.69, 9.17) is 0 Å². The van der Waals surface area contributed by atoms with Crippen LogP contribution in [0.15, 0.2) is 60.7 Å². The number of halogens is 2. The minimum absolute atomic E-state index is 0.437. The summed E-state index contributed by atoms with van der Waals surface area (Å²) in [6, 6.07) is 18.6. The quantitative estimate of drug-likeness (QED) is 0.712. The normalized spacial score (nSPS) is 30.1. The summed E-state index contributed by atoms with van der Waals surface area (Å²) in [6.07, 6.45) is 0.874. The van der Waals surface area contributed by atoms with Crippen molar-refractivity contribution in [3.8, 4) is 0 Å². The fraction of sp³-hybridized carbons (Fsp3) is 0.368. The number of hydrogen-bond acceptors (Lipinski definition) is 0. The maximum atomic E-state index is 15.1. The predicted molar refractivity (Wildman–Crippen MR) is 81.8 cm³/mol. The summed E-state index contributed by atoms with van der Waals surface area (Å²) in [7, 11) is 0. The van der Waals surface area contributed by atoms with Gasteiger partial charge in [0.25, 0.3) is 5.92 Å². The van der Waals surface area contributed by atoms with Gasteiger partial charge < -0.3 is 0 Å². The second kappa shape index (κ2) is 4.66. The van der Waals surface area contributed by atoms with Gasteiger partial charge in [0.15, 0.2) is 0 Å². The molecule has 0 aromatic heterocycles. The number of benzene rings is 2. The highest BCUT2D eigenvalue weighted by molar-refractivity contribution is 5.56. The first-order valence-corrected chi connectivity index (χ1v) is 7.57. The molecule has 2 atom stereocenters. The molecule has 0 unspecified atom stereocenters. The van der Waals surface area contributed by atoms with Gasteiger partial charge in [-0.2, -0.15) is 0 Å². The highest BCUT2D eigenvalue weighted by atomic mass is 19.3. The first kappa shape index (κ1) is 14.2. The highest BCUT2D eigenvalue weighted by Gasteiger charge is 2.89. The fourth-order valence-corrected chi connectivity index (χ4v) is 4.36. The summed E-state index contributed by atoms with van der Waals surface area (Å²) >= 11 is 0. The molecule has 1 fully saturated rings. The van der Waals surface area contributed by atoms with Crippen LogP contribution in [-0.4, -0.2) is 5.92 Å². The molecule has 1 saturated carbocycles. The third kappa shape index (κ3) is 1.48. The molecule has 0 spiro atoms. The van der Waals surface area contributed by atoms with E-state index in [2.05, 4.69) is 0 Å². The third-order valence-electron chi connectivity index (χ3n) is 5.33. The molecule has 1 aliphatic rings. The van der Waals surface area contributed by atoms with Crippen molar-refractivity contribution in [2.75, 3.05) is 0 Å². The molecule has 2 aromatic carbocycles. The van der Waals surface area contributed by atoms with Crippen LogP contribution in [0.4, 0.5) is 8.78 Å². The fourth-order valence-electron chi connectivity index (χ4n) is 4.36. The van der Waals surface area contributed by atoms with Crippen LogP contribution < -0.4 is 0 Å². The Bertz CT molecular complexity index is 565. The molecular formula is C19H20F2. The number of rotatable bonds is 4. The van der Waals surface area contributed by atoms with Crippen molar-refractivity contribution in [2.45, 2.75) is 43.4 Å². The second-order valence-corrected chi connectivity index (χ2v) is 5.82. The van der Waals surface area contributed by atoms with Crippen LogP contribution in [0.5, 0.6) is 0 Å². The van der Waals surface area contributed by atoms with Gasteiger partial charge in [-0.25, -0.2) is 8.78 Å². The number of hydrogen-bond donors (Lipinski definition) is 0. The summed E-state index contributed by atoms with van der Waals surface area (Å²) in [5.74, 6) is -2.72. The smallest absolute Gasteiger partial charge is 0.205 e. The van der Waals surface area contributed by atoms with Crippen LogP contribution in [-0.2, 0) is 10.8 Å². The van der Waals surface area contributed by atoms with E-state index in [1.165, 1.54) is 0 Å². The lowest BCUT2D eigenvalue weighted by molar-refractivity contribution is 0.0674. The third-order valence-corrected chi connectivity index (χ3v) is 5.33. The van der Waals surface area contributed by atoms with Crippen LogP contribution in [0.25, 0.3) is 0 Å². The molecule has 2 heteroatoms. The van der Waals surface area contributed by atoms with Crippen LogP contribution in [0.1, 0.15) is 37.8 Å². The lowest BCUT2D eigenvalue weighted by atomic mass is 9.78. The minimum atomic E-state index is -2.72. The Labute approximate surface area is 124 Å². The van der Waals surface area contributed by atoms with E-state index < -0.39 is 16.8 Å². The van der Waals surface area contributed by atoms with Gasteiger partial charge in [-0.15, -0.1) is 0 Å². The average Bonchev–Trinajstić information content (AvgIpc) is 3.00. The average molecular weight is 286 g/mol. The molecule has 0 aliphatic heterocycles. The van der Waals surface area contributed by atoms with Gasteiger partial charge in [-0.3, -0.25) is 0 Å². The van der Waals surface area contributed by atoms with Gasteiger partial charge in [0.2, 0.25) is 0 Å². The molecule has 1 aliphatic carbocycles. The van der Waals surface area contributed by atoms with Crippen LogP contribution in [0.3, 0.4) is 0 Å². The first-order chi connectivity index (χ1) is 10.1. The second-order valence-electron chi connectivity index (χ2n) is 5.82. The van der Waals surface area contributed by atoms with E-state index in [-0.39, 0.29) is 0 Å². The van der Waals surface area contributed by atoms with Crippen molar-refractivity contribution in [3.63, 3.8) is 0 Å². The zero-order valence-electron chi connectivity index (χ0n) is 12.4. The predicted octanol–water partition coefficient (Wildman–Crippen LogP) is 5.33. The van der Waals surface area contributed by atoms with Gasteiger partial charge in [0, 0.05) is 0 Å². The van der Waals surface area contributed by atoms with Gasteiger partial charge >= 0.3 is 0 Å². The molecule has 0 saturated heterocycles. The molecule has 0 heterocycles. The van der Waals surface area contributed by atoms with Crippen LogP contribution in [0, 0.1) is 0 Å². The summed E-state index contributed by atoms with van der Waals surface area (Å²) in [5.41, 5.74) is -0.666. The van der Waals surface area contributed by atoms with Crippen molar-refractivity contribution in [2.24, 2.45) is 0 Å². The van der Waals surface area contributed by atoms with Crippen molar-refractivity contribution >= 4 is 0 Å². The molecule has 21 heavy (non-hydrogen) atoms. The Hall–Kier alpha value is -1.70. The molecule has 2 aromatic rings.